The van der Waals surface area contributed by atoms with Crippen LogP contribution in [-0.2, 0) is 19.5 Å². The largest absolute Gasteiger partial charge is 0.348 e. The number of hydrogen-bond donors (Lipinski definition) is 1. The minimum Gasteiger partial charge on any atom is -0.348 e. The number of nitrogens with zero attached hydrogens (tertiary/aromatic N) is 5. The molecule has 150 valence electrons. The fourth-order valence-electron chi connectivity index (χ4n) is 4.26. The molecule has 1 aromatic heterocycles. The molecule has 4 rings (SSSR count). The van der Waals surface area contributed by atoms with Gasteiger partial charge in [-0.1, -0.05) is 18.2 Å². The SMILES string of the molecule is CN(C)CCNC(=O)c1nnc2n1CC1CN(Cc3ccccc3F)CC1C2. The van der Waals surface area contributed by atoms with E-state index in [1.165, 1.54) is 6.07 Å². The molecule has 2 aliphatic rings. The van der Waals surface area contributed by atoms with Gasteiger partial charge in [0.05, 0.1) is 0 Å². The van der Waals surface area contributed by atoms with E-state index in [4.69, 9.17) is 0 Å². The van der Waals surface area contributed by atoms with Crippen LogP contribution in [0.25, 0.3) is 0 Å². The molecule has 0 aliphatic carbocycles. The number of carbonyl (C=O) groups is 1. The number of aromatic nitrogens is 3. The Balaban J connectivity index is 1.40. The van der Waals surface area contributed by atoms with Gasteiger partial charge in [0.1, 0.15) is 11.6 Å². The van der Waals surface area contributed by atoms with Crippen LogP contribution in [0.5, 0.6) is 0 Å². The molecule has 0 spiro atoms. The molecule has 0 bridgehead atoms. The van der Waals surface area contributed by atoms with Gasteiger partial charge in [-0.05, 0) is 32.0 Å². The van der Waals surface area contributed by atoms with E-state index >= 15 is 0 Å². The number of hydrogen-bond acceptors (Lipinski definition) is 5. The average molecular weight is 386 g/mol. The van der Waals surface area contributed by atoms with Crippen molar-refractivity contribution in [3.05, 3.63) is 47.3 Å². The van der Waals surface area contributed by atoms with Crippen LogP contribution >= 0.6 is 0 Å². The Morgan fingerprint density at radius 1 is 1.21 bits per heavy atom. The predicted octanol–water partition coefficient (Wildman–Crippen LogP) is 1.01. The predicted molar refractivity (Wildman–Crippen MR) is 103 cm³/mol. The van der Waals surface area contributed by atoms with E-state index in [0.29, 0.717) is 30.7 Å². The fraction of sp³-hybridized carbons (Fsp3) is 0.550. The third-order valence-corrected chi connectivity index (χ3v) is 5.74. The molecule has 1 amide bonds. The molecule has 3 heterocycles. The van der Waals surface area contributed by atoms with Crippen molar-refractivity contribution in [2.75, 3.05) is 40.3 Å². The van der Waals surface area contributed by atoms with Crippen molar-refractivity contribution < 1.29 is 9.18 Å². The van der Waals surface area contributed by atoms with Crippen LogP contribution in [-0.4, -0.2) is 70.7 Å². The van der Waals surface area contributed by atoms with Crippen molar-refractivity contribution in [1.29, 1.82) is 0 Å². The summed E-state index contributed by atoms with van der Waals surface area (Å²) in [6.45, 7) is 4.56. The van der Waals surface area contributed by atoms with E-state index in [1.54, 1.807) is 6.07 Å². The molecule has 0 saturated carbocycles. The number of nitrogens with one attached hydrogen (secondary N) is 1. The molecule has 1 fully saturated rings. The van der Waals surface area contributed by atoms with Crippen LogP contribution < -0.4 is 5.32 Å². The molecule has 2 atom stereocenters. The minimum atomic E-state index is -0.166. The molecule has 28 heavy (non-hydrogen) atoms. The van der Waals surface area contributed by atoms with E-state index < -0.39 is 0 Å². The maximum Gasteiger partial charge on any atom is 0.289 e. The first-order valence-corrected chi connectivity index (χ1v) is 9.82. The lowest BCUT2D eigenvalue weighted by Gasteiger charge is -2.25. The smallest absolute Gasteiger partial charge is 0.289 e. The maximum absolute atomic E-state index is 14.0. The Hall–Kier alpha value is -2.32. The number of likely N-dealkylation sites (N-methyl/N-ethyl adjacent to an activating group) is 1. The zero-order valence-electron chi connectivity index (χ0n) is 16.4. The van der Waals surface area contributed by atoms with Gasteiger partial charge in [-0.15, -0.1) is 10.2 Å². The van der Waals surface area contributed by atoms with E-state index in [2.05, 4.69) is 20.4 Å². The quantitative estimate of drug-likeness (QED) is 0.803. The Bertz CT molecular complexity index is 851. The van der Waals surface area contributed by atoms with Crippen LogP contribution in [0, 0.1) is 17.7 Å². The van der Waals surface area contributed by atoms with Crippen molar-refractivity contribution in [3.63, 3.8) is 0 Å². The summed E-state index contributed by atoms with van der Waals surface area (Å²) in [5, 5.41) is 11.3. The molecular weight excluding hydrogens is 359 g/mol. The molecule has 0 radical (unpaired) electrons. The highest BCUT2D eigenvalue weighted by atomic mass is 19.1. The van der Waals surface area contributed by atoms with E-state index in [-0.39, 0.29) is 11.7 Å². The molecule has 1 N–H and O–H groups in total. The van der Waals surface area contributed by atoms with Crippen LogP contribution in [0.4, 0.5) is 4.39 Å². The molecular formula is C20H27FN6O. The standard InChI is InChI=1S/C20H27FN6O/c1-25(2)8-7-22-20(28)19-24-23-18-9-15-11-26(12-16(15)13-27(18)19)10-14-5-3-4-6-17(14)21/h3-6,15-16H,7-13H2,1-2H3,(H,22,28). The number of fused-ring (bicyclic) bond motifs is 2. The second kappa shape index (κ2) is 7.97. The van der Waals surface area contributed by atoms with Crippen LogP contribution in [0.3, 0.4) is 0 Å². The summed E-state index contributed by atoms with van der Waals surface area (Å²) in [5.74, 6) is 1.88. The maximum atomic E-state index is 14.0. The summed E-state index contributed by atoms with van der Waals surface area (Å²) in [6.07, 6.45) is 0.816. The zero-order valence-corrected chi connectivity index (χ0v) is 16.4. The van der Waals surface area contributed by atoms with Crippen LogP contribution in [0.15, 0.2) is 24.3 Å². The molecule has 2 aromatic rings. The molecule has 8 heteroatoms. The van der Waals surface area contributed by atoms with Gasteiger partial charge in [0.2, 0.25) is 5.82 Å². The number of amides is 1. The lowest BCUT2D eigenvalue weighted by atomic mass is 9.89. The van der Waals surface area contributed by atoms with Crippen molar-refractivity contribution >= 4 is 5.91 Å². The summed E-state index contributed by atoms with van der Waals surface area (Å²) >= 11 is 0. The molecule has 2 unspecified atom stereocenters. The van der Waals surface area contributed by atoms with Gasteiger partial charge in [0.25, 0.3) is 5.91 Å². The number of halogens is 1. The highest BCUT2D eigenvalue weighted by Gasteiger charge is 2.39. The summed E-state index contributed by atoms with van der Waals surface area (Å²) in [5.41, 5.74) is 0.738. The van der Waals surface area contributed by atoms with Gasteiger partial charge in [0.15, 0.2) is 0 Å². The van der Waals surface area contributed by atoms with Gasteiger partial charge in [-0.3, -0.25) is 9.69 Å². The van der Waals surface area contributed by atoms with Gasteiger partial charge in [0, 0.05) is 51.3 Å². The third kappa shape index (κ3) is 3.93. The highest BCUT2D eigenvalue weighted by molar-refractivity contribution is 5.90. The van der Waals surface area contributed by atoms with E-state index in [0.717, 1.165) is 44.0 Å². The van der Waals surface area contributed by atoms with Crippen molar-refractivity contribution in [2.45, 2.75) is 19.5 Å². The Labute approximate surface area is 164 Å². The first-order chi connectivity index (χ1) is 13.5. The third-order valence-electron chi connectivity index (χ3n) is 5.74. The topological polar surface area (TPSA) is 66.3 Å². The normalized spacial score (nSPS) is 21.6. The minimum absolute atomic E-state index is 0.147. The van der Waals surface area contributed by atoms with Gasteiger partial charge in [-0.2, -0.15) is 0 Å². The Kier molecular flexibility index (Phi) is 5.41. The second-order valence-corrected chi connectivity index (χ2v) is 8.12. The van der Waals surface area contributed by atoms with Crippen LogP contribution in [0.1, 0.15) is 22.0 Å². The first-order valence-electron chi connectivity index (χ1n) is 9.82. The number of rotatable bonds is 6. The monoisotopic (exact) mass is 386 g/mol. The summed E-state index contributed by atoms with van der Waals surface area (Å²) in [6, 6.07) is 6.97. The average Bonchev–Trinajstić information content (AvgIpc) is 3.23. The molecule has 7 nitrogen and oxygen atoms in total. The Morgan fingerprint density at radius 2 is 2.00 bits per heavy atom. The van der Waals surface area contributed by atoms with E-state index in [9.17, 15) is 9.18 Å². The molecule has 2 aliphatic heterocycles. The first kappa shape index (κ1) is 19.0. The van der Waals surface area contributed by atoms with Crippen molar-refractivity contribution in [3.8, 4) is 0 Å². The number of likely N-dealkylation sites (tertiary alicyclic amines) is 1. The molecule has 1 saturated heterocycles. The van der Waals surface area contributed by atoms with Gasteiger partial charge < -0.3 is 14.8 Å². The lowest BCUT2D eigenvalue weighted by Crippen LogP contribution is -2.35. The highest BCUT2D eigenvalue weighted by Crippen LogP contribution is 2.33. The van der Waals surface area contributed by atoms with E-state index in [1.807, 2.05) is 35.7 Å². The summed E-state index contributed by atoms with van der Waals surface area (Å²) in [4.78, 5) is 16.8. The second-order valence-electron chi connectivity index (χ2n) is 8.12. The van der Waals surface area contributed by atoms with Crippen molar-refractivity contribution in [1.82, 2.24) is 29.9 Å². The van der Waals surface area contributed by atoms with Crippen molar-refractivity contribution in [2.24, 2.45) is 11.8 Å². The summed E-state index contributed by atoms with van der Waals surface area (Å²) < 4.78 is 15.9. The zero-order chi connectivity index (χ0) is 19.7. The summed E-state index contributed by atoms with van der Waals surface area (Å²) in [7, 11) is 3.94. The van der Waals surface area contributed by atoms with Gasteiger partial charge in [-0.25, -0.2) is 4.39 Å². The van der Waals surface area contributed by atoms with Crippen LogP contribution in [0.2, 0.25) is 0 Å². The lowest BCUT2D eigenvalue weighted by molar-refractivity contribution is 0.0932. The fourth-order valence-corrected chi connectivity index (χ4v) is 4.26. The number of carbonyl (C=O) groups excluding carboxylic acids is 1. The number of benzene rings is 1. The molecule has 1 aromatic carbocycles. The Morgan fingerprint density at radius 3 is 2.79 bits per heavy atom. The van der Waals surface area contributed by atoms with Gasteiger partial charge >= 0.3 is 0 Å².